The molecule has 2 heterocycles. The molecule has 5 aromatic rings. The molecule has 0 saturated carbocycles. The van der Waals surface area contributed by atoms with Gasteiger partial charge in [-0.3, -0.25) is 0 Å². The van der Waals surface area contributed by atoms with Crippen molar-refractivity contribution in [3.63, 3.8) is 0 Å². The zero-order chi connectivity index (χ0) is 25.1. The van der Waals surface area contributed by atoms with Gasteiger partial charge in [0.1, 0.15) is 29.9 Å². The summed E-state index contributed by atoms with van der Waals surface area (Å²) in [5.74, 6) is -1.62. The van der Waals surface area contributed by atoms with Crippen LogP contribution in [0.2, 0.25) is 0 Å². The van der Waals surface area contributed by atoms with Crippen LogP contribution in [-0.4, -0.2) is 34.9 Å². The first kappa shape index (κ1) is 23.3. The molecule has 1 N–H and O–H groups in total. The molecule has 0 aliphatic heterocycles. The lowest BCUT2D eigenvalue weighted by atomic mass is 9.82. The maximum Gasteiger partial charge on any atom is 0.137 e. The van der Waals surface area contributed by atoms with Crippen molar-refractivity contribution in [3.05, 3.63) is 127 Å². The third kappa shape index (κ3) is 4.56. The van der Waals surface area contributed by atoms with Crippen molar-refractivity contribution in [2.45, 2.75) is 18.7 Å². The van der Waals surface area contributed by atoms with E-state index in [9.17, 15) is 13.9 Å². The van der Waals surface area contributed by atoms with Gasteiger partial charge in [-0.15, -0.1) is 5.10 Å². The largest absolute Gasteiger partial charge is 0.378 e. The monoisotopic (exact) mass is 484 g/mol. The molecule has 0 spiro atoms. The van der Waals surface area contributed by atoms with Crippen molar-refractivity contribution in [2.24, 2.45) is 0 Å². The standard InChI is InChI=1S/C27H22F2N6O/c1-19(27(36,16-34-18-30-17-32-34)24-12-11-23(28)13-25(24)29)21-7-9-22(10-8-21)26-14-31-33-35(26)15-20-5-3-2-4-6-20/h2-14,17-18,36H,1,15-16H2/t27-/m1/s1. The Hall–Kier alpha value is -4.50. The highest BCUT2D eigenvalue weighted by Gasteiger charge is 2.37. The molecule has 1 atom stereocenters. The Bertz CT molecular complexity index is 1480. The molecule has 9 heteroatoms. The molecule has 5 rings (SSSR count). The molecule has 0 bridgehead atoms. The van der Waals surface area contributed by atoms with E-state index in [-0.39, 0.29) is 17.7 Å². The Kier molecular flexibility index (Phi) is 6.22. The van der Waals surface area contributed by atoms with Crippen molar-refractivity contribution in [1.82, 2.24) is 29.8 Å². The fourth-order valence-corrected chi connectivity index (χ4v) is 4.15. The van der Waals surface area contributed by atoms with Crippen LogP contribution < -0.4 is 0 Å². The lowest BCUT2D eigenvalue weighted by Crippen LogP contribution is -2.34. The number of aromatic nitrogens is 6. The summed E-state index contributed by atoms with van der Waals surface area (Å²) in [5, 5.41) is 24.0. The second kappa shape index (κ2) is 9.63. The quantitative estimate of drug-likeness (QED) is 0.352. The molecular formula is C27H22F2N6O. The van der Waals surface area contributed by atoms with Crippen molar-refractivity contribution in [3.8, 4) is 11.3 Å². The van der Waals surface area contributed by atoms with E-state index in [0.717, 1.165) is 29.0 Å². The zero-order valence-electron chi connectivity index (χ0n) is 19.2. The van der Waals surface area contributed by atoms with Gasteiger partial charge in [-0.05, 0) is 28.8 Å². The van der Waals surface area contributed by atoms with Gasteiger partial charge in [-0.25, -0.2) is 23.1 Å². The van der Waals surface area contributed by atoms with Gasteiger partial charge in [0.05, 0.1) is 25.0 Å². The third-order valence-corrected chi connectivity index (χ3v) is 6.06. The summed E-state index contributed by atoms with van der Waals surface area (Å²) >= 11 is 0. The summed E-state index contributed by atoms with van der Waals surface area (Å²) < 4.78 is 31.6. The molecule has 36 heavy (non-hydrogen) atoms. The molecule has 3 aromatic carbocycles. The molecular weight excluding hydrogens is 462 g/mol. The van der Waals surface area contributed by atoms with E-state index in [1.807, 2.05) is 42.5 Å². The first-order chi connectivity index (χ1) is 17.4. The molecule has 180 valence electrons. The van der Waals surface area contributed by atoms with Crippen LogP contribution in [0, 0.1) is 11.6 Å². The van der Waals surface area contributed by atoms with Crippen LogP contribution in [0.4, 0.5) is 8.78 Å². The maximum absolute atomic E-state index is 14.8. The first-order valence-electron chi connectivity index (χ1n) is 11.2. The normalized spacial score (nSPS) is 12.9. The van der Waals surface area contributed by atoms with E-state index >= 15 is 0 Å². The van der Waals surface area contributed by atoms with E-state index < -0.39 is 17.2 Å². The van der Waals surface area contributed by atoms with Crippen LogP contribution in [0.5, 0.6) is 0 Å². The van der Waals surface area contributed by atoms with E-state index in [4.69, 9.17) is 0 Å². The van der Waals surface area contributed by atoms with Gasteiger partial charge in [0.2, 0.25) is 0 Å². The van der Waals surface area contributed by atoms with Crippen LogP contribution in [0.1, 0.15) is 16.7 Å². The number of halogens is 2. The van der Waals surface area contributed by atoms with Crippen LogP contribution >= 0.6 is 0 Å². The second-order valence-electron chi connectivity index (χ2n) is 8.40. The van der Waals surface area contributed by atoms with Gasteiger partial charge in [-0.1, -0.05) is 66.4 Å². The average molecular weight is 485 g/mol. The summed E-state index contributed by atoms with van der Waals surface area (Å²) in [6, 6.07) is 20.3. The minimum Gasteiger partial charge on any atom is -0.378 e. The number of benzene rings is 3. The predicted molar refractivity (Wildman–Crippen MR) is 130 cm³/mol. The molecule has 0 aliphatic rings. The van der Waals surface area contributed by atoms with E-state index in [2.05, 4.69) is 27.0 Å². The topological polar surface area (TPSA) is 81.6 Å². The predicted octanol–water partition coefficient (Wildman–Crippen LogP) is 4.46. The van der Waals surface area contributed by atoms with Gasteiger partial charge >= 0.3 is 0 Å². The molecule has 0 unspecified atom stereocenters. The minimum atomic E-state index is -1.91. The highest BCUT2D eigenvalue weighted by molar-refractivity contribution is 5.74. The van der Waals surface area contributed by atoms with E-state index in [1.165, 1.54) is 23.4 Å². The smallest absolute Gasteiger partial charge is 0.137 e. The van der Waals surface area contributed by atoms with Crippen LogP contribution in [0.15, 0.2) is 98.2 Å². The number of nitrogens with zero attached hydrogens (tertiary/aromatic N) is 6. The van der Waals surface area contributed by atoms with Gasteiger partial charge in [0.15, 0.2) is 0 Å². The lowest BCUT2D eigenvalue weighted by molar-refractivity contribution is 0.0726. The molecule has 0 amide bonds. The summed E-state index contributed by atoms with van der Waals surface area (Å²) in [6.07, 6.45) is 4.40. The van der Waals surface area contributed by atoms with Crippen molar-refractivity contribution >= 4 is 5.57 Å². The summed E-state index contributed by atoms with van der Waals surface area (Å²) in [5.41, 5.74) is 1.55. The van der Waals surface area contributed by atoms with Gasteiger partial charge in [0, 0.05) is 17.2 Å². The molecule has 0 radical (unpaired) electrons. The maximum atomic E-state index is 14.8. The first-order valence-corrected chi connectivity index (χ1v) is 11.2. The molecule has 0 saturated heterocycles. The Morgan fingerprint density at radius 3 is 2.47 bits per heavy atom. The Labute approximate surface area is 206 Å². The van der Waals surface area contributed by atoms with E-state index in [1.54, 1.807) is 23.0 Å². The Balaban J connectivity index is 1.47. The van der Waals surface area contributed by atoms with Crippen LogP contribution in [0.3, 0.4) is 0 Å². The summed E-state index contributed by atoms with van der Waals surface area (Å²) in [7, 11) is 0. The molecule has 0 aliphatic carbocycles. The number of hydrogen-bond donors (Lipinski definition) is 1. The zero-order valence-corrected chi connectivity index (χ0v) is 19.2. The fourth-order valence-electron chi connectivity index (χ4n) is 4.15. The van der Waals surface area contributed by atoms with Crippen LogP contribution in [-0.2, 0) is 18.7 Å². The minimum absolute atomic E-state index is 0.112. The highest BCUT2D eigenvalue weighted by Crippen LogP contribution is 2.38. The summed E-state index contributed by atoms with van der Waals surface area (Å²) in [6.45, 7) is 4.48. The van der Waals surface area contributed by atoms with Gasteiger partial charge in [0.25, 0.3) is 0 Å². The molecule has 7 nitrogen and oxygen atoms in total. The SMILES string of the molecule is C=C(c1ccc(-c2cnnn2Cc2ccccc2)cc1)[C@](O)(Cn1cncn1)c1ccc(F)cc1F. The average Bonchev–Trinajstić information content (AvgIpc) is 3.56. The molecule has 2 aromatic heterocycles. The Morgan fingerprint density at radius 2 is 1.78 bits per heavy atom. The van der Waals surface area contributed by atoms with Gasteiger partial charge in [-0.2, -0.15) is 5.10 Å². The highest BCUT2D eigenvalue weighted by atomic mass is 19.1. The second-order valence-corrected chi connectivity index (χ2v) is 8.40. The Morgan fingerprint density at radius 1 is 1.00 bits per heavy atom. The van der Waals surface area contributed by atoms with Crippen molar-refractivity contribution in [2.75, 3.05) is 0 Å². The number of hydrogen-bond acceptors (Lipinski definition) is 5. The number of rotatable bonds is 8. The summed E-state index contributed by atoms with van der Waals surface area (Å²) in [4.78, 5) is 3.89. The van der Waals surface area contributed by atoms with Crippen LogP contribution in [0.25, 0.3) is 16.8 Å². The lowest BCUT2D eigenvalue weighted by Gasteiger charge is -2.31. The number of aliphatic hydroxyl groups is 1. The van der Waals surface area contributed by atoms with Crippen molar-refractivity contribution < 1.29 is 13.9 Å². The third-order valence-electron chi connectivity index (χ3n) is 6.06. The fraction of sp³-hybridized carbons (Fsp3) is 0.111. The van der Waals surface area contributed by atoms with E-state index in [0.29, 0.717) is 12.1 Å². The van der Waals surface area contributed by atoms with Gasteiger partial charge < -0.3 is 5.11 Å². The van der Waals surface area contributed by atoms with Crippen molar-refractivity contribution in [1.29, 1.82) is 0 Å². The molecule has 0 fully saturated rings.